The number of rotatable bonds is 4. The van der Waals surface area contributed by atoms with E-state index in [1.54, 1.807) is 19.2 Å². The van der Waals surface area contributed by atoms with Crippen LogP contribution >= 0.6 is 0 Å². The van der Waals surface area contributed by atoms with Crippen LogP contribution in [-0.4, -0.2) is 49.0 Å². The van der Waals surface area contributed by atoms with Gasteiger partial charge in [0.25, 0.3) is 5.91 Å². The molecule has 24 heavy (non-hydrogen) atoms. The first kappa shape index (κ1) is 16.5. The fourth-order valence-corrected chi connectivity index (χ4v) is 2.91. The van der Waals surface area contributed by atoms with Crippen molar-refractivity contribution in [3.63, 3.8) is 0 Å². The van der Waals surface area contributed by atoms with Crippen molar-refractivity contribution >= 4 is 5.91 Å². The third kappa shape index (κ3) is 3.92. The molecule has 0 radical (unpaired) electrons. The fraction of sp³-hybridized carbons (Fsp3) is 0.316. The van der Waals surface area contributed by atoms with Crippen LogP contribution in [-0.2, 0) is 6.54 Å². The molecule has 5 heteroatoms. The van der Waals surface area contributed by atoms with Crippen molar-refractivity contribution in [2.45, 2.75) is 6.54 Å². The lowest BCUT2D eigenvalue weighted by atomic mass is 10.1. The molecule has 0 aliphatic carbocycles. The monoisotopic (exact) mass is 328 g/mol. The van der Waals surface area contributed by atoms with Crippen LogP contribution in [0.3, 0.4) is 0 Å². The standard InChI is InChI=1S/C19H21FN2O2/c1-24-18-4-2-3-15(13-18)14-21-9-11-22(12-10-21)19(23)16-5-7-17(20)8-6-16/h2-8,13H,9-12,14H2,1H3. The zero-order valence-electron chi connectivity index (χ0n) is 13.7. The van der Waals surface area contributed by atoms with Crippen LogP contribution in [0.15, 0.2) is 48.5 Å². The molecule has 0 N–H and O–H groups in total. The molecular formula is C19H21FN2O2. The first-order chi connectivity index (χ1) is 11.7. The maximum atomic E-state index is 13.0. The summed E-state index contributed by atoms with van der Waals surface area (Å²) >= 11 is 0. The topological polar surface area (TPSA) is 32.8 Å². The Morgan fingerprint density at radius 3 is 2.46 bits per heavy atom. The van der Waals surface area contributed by atoms with E-state index in [0.717, 1.165) is 25.4 Å². The summed E-state index contributed by atoms with van der Waals surface area (Å²) in [6, 6.07) is 13.8. The van der Waals surface area contributed by atoms with Crippen molar-refractivity contribution < 1.29 is 13.9 Å². The Morgan fingerprint density at radius 1 is 1.08 bits per heavy atom. The van der Waals surface area contributed by atoms with Crippen molar-refractivity contribution in [1.29, 1.82) is 0 Å². The molecule has 1 fully saturated rings. The Morgan fingerprint density at radius 2 is 1.79 bits per heavy atom. The number of hydrogen-bond donors (Lipinski definition) is 0. The molecular weight excluding hydrogens is 307 g/mol. The van der Waals surface area contributed by atoms with E-state index in [9.17, 15) is 9.18 Å². The average molecular weight is 328 g/mol. The van der Waals surface area contributed by atoms with Gasteiger partial charge in [0, 0.05) is 38.3 Å². The highest BCUT2D eigenvalue weighted by molar-refractivity contribution is 5.94. The van der Waals surface area contributed by atoms with Crippen molar-refractivity contribution in [3.8, 4) is 5.75 Å². The molecule has 1 heterocycles. The number of nitrogens with zero attached hydrogens (tertiary/aromatic N) is 2. The Kier molecular flexibility index (Phi) is 5.11. The fourth-order valence-electron chi connectivity index (χ4n) is 2.91. The summed E-state index contributed by atoms with van der Waals surface area (Å²) in [5.74, 6) is 0.503. The lowest BCUT2D eigenvalue weighted by Gasteiger charge is -2.34. The lowest BCUT2D eigenvalue weighted by molar-refractivity contribution is 0.0628. The smallest absolute Gasteiger partial charge is 0.253 e. The summed E-state index contributed by atoms with van der Waals surface area (Å²) in [6.07, 6.45) is 0. The summed E-state index contributed by atoms with van der Waals surface area (Å²) in [6.45, 7) is 3.85. The molecule has 1 amide bonds. The molecule has 0 atom stereocenters. The molecule has 1 saturated heterocycles. The minimum absolute atomic E-state index is 0.0315. The Balaban J connectivity index is 1.55. The normalized spacial score (nSPS) is 15.3. The van der Waals surface area contributed by atoms with Crippen molar-refractivity contribution in [3.05, 3.63) is 65.5 Å². The predicted octanol–water partition coefficient (Wildman–Crippen LogP) is 2.79. The van der Waals surface area contributed by atoms with Crippen LogP contribution in [0.1, 0.15) is 15.9 Å². The summed E-state index contributed by atoms with van der Waals surface area (Å²) in [4.78, 5) is 16.6. The molecule has 3 rings (SSSR count). The molecule has 0 spiro atoms. The number of piperazine rings is 1. The van der Waals surface area contributed by atoms with Gasteiger partial charge in [0.15, 0.2) is 0 Å². The zero-order valence-corrected chi connectivity index (χ0v) is 13.7. The molecule has 2 aromatic rings. The van der Waals surface area contributed by atoms with E-state index in [-0.39, 0.29) is 11.7 Å². The average Bonchev–Trinajstić information content (AvgIpc) is 2.62. The van der Waals surface area contributed by atoms with Crippen molar-refractivity contribution in [2.24, 2.45) is 0 Å². The molecule has 0 unspecified atom stereocenters. The molecule has 2 aromatic carbocycles. The largest absolute Gasteiger partial charge is 0.497 e. The number of halogens is 1. The van der Waals surface area contributed by atoms with E-state index in [0.29, 0.717) is 18.7 Å². The second-order valence-corrected chi connectivity index (χ2v) is 5.93. The van der Waals surface area contributed by atoms with Gasteiger partial charge in [-0.25, -0.2) is 4.39 Å². The van der Waals surface area contributed by atoms with E-state index in [4.69, 9.17) is 4.74 Å². The molecule has 1 aliphatic heterocycles. The zero-order chi connectivity index (χ0) is 16.9. The highest BCUT2D eigenvalue weighted by atomic mass is 19.1. The van der Waals surface area contributed by atoms with E-state index in [2.05, 4.69) is 11.0 Å². The van der Waals surface area contributed by atoms with Crippen LogP contribution in [0.2, 0.25) is 0 Å². The minimum atomic E-state index is -0.324. The van der Waals surface area contributed by atoms with Gasteiger partial charge in [-0.05, 0) is 42.0 Å². The first-order valence-corrected chi connectivity index (χ1v) is 8.06. The van der Waals surface area contributed by atoms with Gasteiger partial charge in [0.05, 0.1) is 7.11 Å². The highest BCUT2D eigenvalue weighted by Crippen LogP contribution is 2.16. The van der Waals surface area contributed by atoms with Gasteiger partial charge in [-0.1, -0.05) is 12.1 Å². The molecule has 0 aromatic heterocycles. The quantitative estimate of drug-likeness (QED) is 0.865. The van der Waals surface area contributed by atoms with Crippen LogP contribution in [0.25, 0.3) is 0 Å². The van der Waals surface area contributed by atoms with Crippen molar-refractivity contribution in [2.75, 3.05) is 33.3 Å². The van der Waals surface area contributed by atoms with Gasteiger partial charge in [0.1, 0.15) is 11.6 Å². The molecule has 126 valence electrons. The van der Waals surface area contributed by atoms with E-state index < -0.39 is 0 Å². The third-order valence-electron chi connectivity index (χ3n) is 4.29. The van der Waals surface area contributed by atoms with Crippen LogP contribution in [0, 0.1) is 5.82 Å². The van der Waals surface area contributed by atoms with Crippen molar-refractivity contribution in [1.82, 2.24) is 9.80 Å². The second-order valence-electron chi connectivity index (χ2n) is 5.93. The van der Waals surface area contributed by atoms with Crippen LogP contribution in [0.4, 0.5) is 4.39 Å². The number of hydrogen-bond acceptors (Lipinski definition) is 3. The number of ether oxygens (including phenoxy) is 1. The van der Waals surface area contributed by atoms with Gasteiger partial charge >= 0.3 is 0 Å². The SMILES string of the molecule is COc1cccc(CN2CCN(C(=O)c3ccc(F)cc3)CC2)c1. The van der Waals surface area contributed by atoms with E-state index in [1.165, 1.54) is 17.7 Å². The maximum Gasteiger partial charge on any atom is 0.253 e. The summed E-state index contributed by atoms with van der Waals surface area (Å²) in [5, 5.41) is 0. The molecule has 4 nitrogen and oxygen atoms in total. The number of carbonyl (C=O) groups excluding carboxylic acids is 1. The number of carbonyl (C=O) groups is 1. The Labute approximate surface area is 141 Å². The predicted molar refractivity (Wildman–Crippen MR) is 90.6 cm³/mol. The molecule has 0 bridgehead atoms. The highest BCUT2D eigenvalue weighted by Gasteiger charge is 2.22. The molecule has 1 aliphatic rings. The number of amides is 1. The lowest BCUT2D eigenvalue weighted by Crippen LogP contribution is -2.48. The third-order valence-corrected chi connectivity index (χ3v) is 4.29. The Bertz CT molecular complexity index is 695. The Hall–Kier alpha value is -2.40. The van der Waals surface area contributed by atoms with Gasteiger partial charge < -0.3 is 9.64 Å². The van der Waals surface area contributed by atoms with Gasteiger partial charge in [-0.15, -0.1) is 0 Å². The van der Waals surface area contributed by atoms with Gasteiger partial charge in [0.2, 0.25) is 0 Å². The molecule has 0 saturated carbocycles. The van der Waals surface area contributed by atoms with E-state index >= 15 is 0 Å². The summed E-state index contributed by atoms with van der Waals surface area (Å²) in [5.41, 5.74) is 1.74. The summed E-state index contributed by atoms with van der Waals surface area (Å²) in [7, 11) is 1.67. The first-order valence-electron chi connectivity index (χ1n) is 8.06. The second kappa shape index (κ2) is 7.45. The van der Waals surface area contributed by atoms with E-state index in [1.807, 2.05) is 23.1 Å². The van der Waals surface area contributed by atoms with Crippen LogP contribution < -0.4 is 4.74 Å². The number of methoxy groups -OCH3 is 1. The van der Waals surface area contributed by atoms with Gasteiger partial charge in [-0.3, -0.25) is 9.69 Å². The van der Waals surface area contributed by atoms with Gasteiger partial charge in [-0.2, -0.15) is 0 Å². The summed E-state index contributed by atoms with van der Waals surface area (Å²) < 4.78 is 18.2. The minimum Gasteiger partial charge on any atom is -0.497 e. The van der Waals surface area contributed by atoms with Crippen LogP contribution in [0.5, 0.6) is 5.75 Å². The number of benzene rings is 2. The maximum absolute atomic E-state index is 13.0.